The fourth-order valence-corrected chi connectivity index (χ4v) is 2.06. The topological polar surface area (TPSA) is 12.5 Å². The molecule has 23 heavy (non-hydrogen) atoms. The van der Waals surface area contributed by atoms with Crippen LogP contribution in [-0.2, 0) is 32.7 Å². The standard InChI is InChI=1S/C17H13F3NO.Y/c1-3-10-22-15-9-5-7-13(18)17(15)14-8-4-6-12(2)21(14)11-16(19)20;/h1,4-7,9,16H,2,10-11H2;/q-1;. The predicted octanol–water partition coefficient (Wildman–Crippen LogP) is 3.63. The van der Waals surface area contributed by atoms with E-state index in [2.05, 4.69) is 18.6 Å². The van der Waals surface area contributed by atoms with E-state index in [4.69, 9.17) is 11.2 Å². The smallest absolute Gasteiger partial charge is 0.256 e. The Labute approximate surface area is 158 Å². The minimum atomic E-state index is -2.61. The van der Waals surface area contributed by atoms with Gasteiger partial charge < -0.3 is 9.64 Å². The molecular formula is C17H13F3NOY-. The van der Waals surface area contributed by atoms with Crippen LogP contribution in [0.4, 0.5) is 13.2 Å². The van der Waals surface area contributed by atoms with Gasteiger partial charge in [-0.25, -0.2) is 13.2 Å². The quantitative estimate of drug-likeness (QED) is 0.560. The first-order valence-corrected chi connectivity index (χ1v) is 6.44. The summed E-state index contributed by atoms with van der Waals surface area (Å²) in [5.74, 6) is 1.84. The monoisotopic (exact) mass is 393 g/mol. The molecule has 0 saturated heterocycles. The van der Waals surface area contributed by atoms with E-state index < -0.39 is 18.8 Å². The number of benzene rings is 1. The zero-order valence-corrected chi connectivity index (χ0v) is 15.1. The van der Waals surface area contributed by atoms with Crippen LogP contribution in [-0.4, -0.2) is 24.5 Å². The number of rotatable bonds is 5. The number of terminal acetylenes is 1. The van der Waals surface area contributed by atoms with Crippen LogP contribution in [0.5, 0.6) is 5.75 Å². The molecule has 117 valence electrons. The molecule has 1 aliphatic rings. The first kappa shape index (κ1) is 19.5. The molecule has 0 fully saturated rings. The van der Waals surface area contributed by atoms with Gasteiger partial charge in [0.25, 0.3) is 6.43 Å². The second kappa shape index (κ2) is 8.95. The summed E-state index contributed by atoms with van der Waals surface area (Å²) in [5.41, 5.74) is 0.488. The van der Waals surface area contributed by atoms with Gasteiger partial charge in [-0.1, -0.05) is 24.3 Å². The summed E-state index contributed by atoms with van der Waals surface area (Å²) in [6, 6.07) is 4.19. The Bertz CT molecular complexity index is 677. The van der Waals surface area contributed by atoms with Crippen LogP contribution >= 0.6 is 0 Å². The Morgan fingerprint density at radius 1 is 1.39 bits per heavy atom. The van der Waals surface area contributed by atoms with Crippen molar-refractivity contribution in [1.29, 1.82) is 0 Å². The number of ether oxygens (including phenoxy) is 1. The van der Waals surface area contributed by atoms with Crippen molar-refractivity contribution in [2.75, 3.05) is 13.2 Å². The zero-order valence-electron chi connectivity index (χ0n) is 12.2. The molecular weight excluding hydrogens is 380 g/mol. The Balaban J connectivity index is 0.00000264. The molecule has 1 heterocycles. The van der Waals surface area contributed by atoms with E-state index in [-0.39, 0.29) is 56.3 Å². The number of hydrogen-bond donors (Lipinski definition) is 0. The molecule has 0 aromatic heterocycles. The number of halogens is 3. The van der Waals surface area contributed by atoms with Crippen molar-refractivity contribution < 1.29 is 50.6 Å². The van der Waals surface area contributed by atoms with E-state index in [9.17, 15) is 13.2 Å². The van der Waals surface area contributed by atoms with Crippen LogP contribution in [0, 0.1) is 24.2 Å². The minimum absolute atomic E-state index is 0. The van der Waals surface area contributed by atoms with E-state index in [1.165, 1.54) is 35.3 Å². The van der Waals surface area contributed by atoms with Gasteiger partial charge in [0.2, 0.25) is 0 Å². The molecule has 0 bridgehead atoms. The summed E-state index contributed by atoms with van der Waals surface area (Å²) in [7, 11) is 0. The number of allylic oxidation sites excluding steroid dienone is 3. The zero-order chi connectivity index (χ0) is 16.1. The van der Waals surface area contributed by atoms with Crippen molar-refractivity contribution in [2.45, 2.75) is 6.43 Å². The van der Waals surface area contributed by atoms with Crippen LogP contribution in [0.25, 0.3) is 5.70 Å². The first-order chi connectivity index (χ1) is 10.5. The Hall–Kier alpha value is -1.51. The average molecular weight is 393 g/mol. The maximum atomic E-state index is 14.2. The third kappa shape index (κ3) is 4.73. The molecule has 2 nitrogen and oxygen atoms in total. The van der Waals surface area contributed by atoms with Gasteiger partial charge in [-0.15, -0.1) is 12.5 Å². The Kier molecular flexibility index (Phi) is 7.61. The third-order valence-electron chi connectivity index (χ3n) is 2.96. The molecule has 2 rings (SSSR count). The van der Waals surface area contributed by atoms with Crippen molar-refractivity contribution in [3.63, 3.8) is 0 Å². The summed E-state index contributed by atoms with van der Waals surface area (Å²) in [4.78, 5) is 1.20. The molecule has 1 radical (unpaired) electrons. The third-order valence-corrected chi connectivity index (χ3v) is 2.96. The molecule has 6 heteroatoms. The SMILES string of the molecule is C#CCOc1cccc(F)c1C1=[C-]C=CC(=C)N1CC(F)F.[Y]. The summed E-state index contributed by atoms with van der Waals surface area (Å²) < 4.78 is 45.1. The van der Waals surface area contributed by atoms with E-state index in [1.807, 2.05) is 0 Å². The van der Waals surface area contributed by atoms with Gasteiger partial charge in [0.1, 0.15) is 6.61 Å². The van der Waals surface area contributed by atoms with Crippen molar-refractivity contribution in [3.05, 3.63) is 60.1 Å². The van der Waals surface area contributed by atoms with E-state index in [1.54, 1.807) is 0 Å². The van der Waals surface area contributed by atoms with Crippen LogP contribution in [0.3, 0.4) is 0 Å². The number of nitrogens with zero attached hydrogens (tertiary/aromatic N) is 1. The average Bonchev–Trinajstić information content (AvgIpc) is 2.47. The van der Waals surface area contributed by atoms with Crippen LogP contribution in [0.15, 0.2) is 42.6 Å². The van der Waals surface area contributed by atoms with Crippen molar-refractivity contribution in [3.8, 4) is 18.1 Å². The molecule has 0 amide bonds. The van der Waals surface area contributed by atoms with Crippen molar-refractivity contribution in [1.82, 2.24) is 4.90 Å². The van der Waals surface area contributed by atoms with Crippen LogP contribution < -0.4 is 4.74 Å². The van der Waals surface area contributed by atoms with Crippen molar-refractivity contribution in [2.24, 2.45) is 0 Å². The minimum Gasteiger partial charge on any atom is -0.493 e. The number of alkyl halides is 2. The first-order valence-electron chi connectivity index (χ1n) is 6.44. The molecule has 1 aromatic carbocycles. The molecule has 0 atom stereocenters. The second-order valence-electron chi connectivity index (χ2n) is 4.43. The Morgan fingerprint density at radius 3 is 2.78 bits per heavy atom. The van der Waals surface area contributed by atoms with Gasteiger partial charge in [-0.3, -0.25) is 0 Å². The molecule has 1 aromatic rings. The van der Waals surface area contributed by atoms with Gasteiger partial charge in [-0.05, 0) is 23.4 Å². The summed E-state index contributed by atoms with van der Waals surface area (Å²) >= 11 is 0. The maximum Gasteiger partial charge on any atom is 0.256 e. The van der Waals surface area contributed by atoms with Crippen LogP contribution in [0.1, 0.15) is 5.56 Å². The van der Waals surface area contributed by atoms with E-state index in [0.717, 1.165) is 0 Å². The molecule has 0 aliphatic carbocycles. The molecule has 0 unspecified atom stereocenters. The van der Waals surface area contributed by atoms with Gasteiger partial charge >= 0.3 is 0 Å². The summed E-state index contributed by atoms with van der Waals surface area (Å²) in [5, 5.41) is 0. The predicted molar refractivity (Wildman–Crippen MR) is 78.4 cm³/mol. The normalized spacial score (nSPS) is 13.4. The second-order valence-corrected chi connectivity index (χ2v) is 4.43. The van der Waals surface area contributed by atoms with Crippen molar-refractivity contribution >= 4 is 5.70 Å². The van der Waals surface area contributed by atoms with E-state index in [0.29, 0.717) is 5.70 Å². The molecule has 0 saturated carbocycles. The van der Waals surface area contributed by atoms with Gasteiger partial charge in [0, 0.05) is 32.7 Å². The largest absolute Gasteiger partial charge is 0.493 e. The Morgan fingerprint density at radius 2 is 2.13 bits per heavy atom. The number of hydrogen-bond acceptors (Lipinski definition) is 2. The van der Waals surface area contributed by atoms with E-state index >= 15 is 0 Å². The summed E-state index contributed by atoms with van der Waals surface area (Å²) in [6.07, 6.45) is 8.32. The van der Waals surface area contributed by atoms with Crippen LogP contribution in [0.2, 0.25) is 0 Å². The molecule has 0 N–H and O–H groups in total. The fraction of sp³-hybridized carbons (Fsp3) is 0.176. The van der Waals surface area contributed by atoms with Gasteiger partial charge in [-0.2, -0.15) is 12.2 Å². The van der Waals surface area contributed by atoms with Gasteiger partial charge in [0.15, 0.2) is 0 Å². The molecule has 0 spiro atoms. The summed E-state index contributed by atoms with van der Waals surface area (Å²) in [6.45, 7) is 3.02. The fourth-order valence-electron chi connectivity index (χ4n) is 2.06. The van der Waals surface area contributed by atoms with Gasteiger partial charge in [0.05, 0.1) is 18.1 Å². The molecule has 1 aliphatic heterocycles. The maximum absolute atomic E-state index is 14.2.